The fraction of sp³-hybridized carbons (Fsp3) is 0.579. The molecule has 0 aliphatic carbocycles. The van der Waals surface area contributed by atoms with Crippen molar-refractivity contribution >= 4 is 21.9 Å². The molecule has 7 nitrogen and oxygen atoms in total. The fourth-order valence-corrected chi connectivity index (χ4v) is 4.97. The summed E-state index contributed by atoms with van der Waals surface area (Å²) in [5.74, 6) is -1.59. The highest BCUT2D eigenvalue weighted by Gasteiger charge is 2.29. The summed E-state index contributed by atoms with van der Waals surface area (Å²) in [6, 6.07) is 3.45. The maximum absolute atomic E-state index is 13.0. The summed E-state index contributed by atoms with van der Waals surface area (Å²) in [6.07, 6.45) is 2.97. The molecule has 2 rings (SSSR count). The van der Waals surface area contributed by atoms with Gasteiger partial charge in [-0.05, 0) is 49.8 Å². The van der Waals surface area contributed by atoms with Crippen LogP contribution in [-0.2, 0) is 14.8 Å². The number of benzene rings is 1. The van der Waals surface area contributed by atoms with Gasteiger partial charge >= 0.3 is 5.97 Å². The Morgan fingerprint density at radius 3 is 2.37 bits per heavy atom. The van der Waals surface area contributed by atoms with Gasteiger partial charge in [0.2, 0.25) is 10.0 Å². The smallest absolute Gasteiger partial charge is 0.326 e. The molecule has 1 aliphatic rings. The van der Waals surface area contributed by atoms with E-state index in [2.05, 4.69) is 5.32 Å². The van der Waals surface area contributed by atoms with E-state index in [0.29, 0.717) is 25.1 Å². The molecule has 1 aromatic rings. The Morgan fingerprint density at radius 1 is 1.19 bits per heavy atom. The first-order chi connectivity index (χ1) is 12.6. The first-order valence-corrected chi connectivity index (χ1v) is 10.7. The van der Waals surface area contributed by atoms with E-state index < -0.39 is 27.9 Å². The SMILES string of the molecule is Cc1ccc(C(=O)NC(CC(C)C)C(=O)O)cc1S(=O)(=O)N1CCCCC1. The average molecular weight is 397 g/mol. The molecule has 1 amide bonds. The van der Waals surface area contributed by atoms with Gasteiger partial charge in [0.25, 0.3) is 5.91 Å². The van der Waals surface area contributed by atoms with Crippen LogP contribution in [0.15, 0.2) is 23.1 Å². The minimum absolute atomic E-state index is 0.0967. The van der Waals surface area contributed by atoms with Crippen LogP contribution < -0.4 is 5.32 Å². The van der Waals surface area contributed by atoms with Crippen molar-refractivity contribution in [1.82, 2.24) is 9.62 Å². The van der Waals surface area contributed by atoms with Crippen LogP contribution in [0.3, 0.4) is 0 Å². The molecule has 0 bridgehead atoms. The van der Waals surface area contributed by atoms with E-state index in [4.69, 9.17) is 0 Å². The summed E-state index contributed by atoms with van der Waals surface area (Å²) in [6.45, 7) is 6.40. The van der Waals surface area contributed by atoms with E-state index in [1.807, 2.05) is 13.8 Å². The third kappa shape index (κ3) is 5.29. The number of rotatable bonds is 7. The van der Waals surface area contributed by atoms with Crippen molar-refractivity contribution in [2.75, 3.05) is 13.1 Å². The summed E-state index contributed by atoms with van der Waals surface area (Å²) in [5, 5.41) is 11.8. The summed E-state index contributed by atoms with van der Waals surface area (Å²) >= 11 is 0. The molecular formula is C19H28N2O5S. The Morgan fingerprint density at radius 2 is 1.81 bits per heavy atom. The van der Waals surface area contributed by atoms with Gasteiger partial charge in [0.15, 0.2) is 0 Å². The van der Waals surface area contributed by atoms with Gasteiger partial charge in [-0.2, -0.15) is 4.31 Å². The molecular weight excluding hydrogens is 368 g/mol. The highest BCUT2D eigenvalue weighted by atomic mass is 32.2. The second-order valence-corrected chi connectivity index (χ2v) is 9.35. The molecule has 1 aromatic carbocycles. The summed E-state index contributed by atoms with van der Waals surface area (Å²) in [4.78, 5) is 24.0. The first-order valence-electron chi connectivity index (χ1n) is 9.27. The Kier molecular flexibility index (Phi) is 7.00. The van der Waals surface area contributed by atoms with Crippen molar-refractivity contribution in [2.45, 2.75) is 57.4 Å². The number of aliphatic carboxylic acids is 1. The molecule has 0 saturated carbocycles. The number of hydrogen-bond acceptors (Lipinski definition) is 4. The standard InChI is InChI=1S/C19H28N2O5S/c1-13(2)11-16(19(23)24)20-18(22)15-8-7-14(3)17(12-15)27(25,26)21-9-5-4-6-10-21/h7-8,12-13,16H,4-6,9-11H2,1-3H3,(H,20,22)(H,23,24). The zero-order valence-corrected chi connectivity index (χ0v) is 16.9. The molecule has 150 valence electrons. The van der Waals surface area contributed by atoms with E-state index in [9.17, 15) is 23.1 Å². The summed E-state index contributed by atoms with van der Waals surface area (Å²) < 4.78 is 27.4. The average Bonchev–Trinajstić information content (AvgIpc) is 2.61. The largest absolute Gasteiger partial charge is 0.480 e. The minimum atomic E-state index is -3.68. The van der Waals surface area contributed by atoms with Gasteiger partial charge in [-0.15, -0.1) is 0 Å². The normalized spacial score (nSPS) is 16.9. The van der Waals surface area contributed by atoms with Crippen molar-refractivity contribution < 1.29 is 23.1 Å². The molecule has 1 unspecified atom stereocenters. The molecule has 1 fully saturated rings. The van der Waals surface area contributed by atoms with E-state index in [0.717, 1.165) is 19.3 Å². The number of nitrogens with one attached hydrogen (secondary N) is 1. The lowest BCUT2D eigenvalue weighted by Gasteiger charge is -2.26. The van der Waals surface area contributed by atoms with E-state index in [1.54, 1.807) is 13.0 Å². The van der Waals surface area contributed by atoms with Crippen LogP contribution >= 0.6 is 0 Å². The lowest BCUT2D eigenvalue weighted by atomic mass is 10.0. The predicted molar refractivity (Wildman–Crippen MR) is 102 cm³/mol. The van der Waals surface area contributed by atoms with Gasteiger partial charge in [-0.1, -0.05) is 26.3 Å². The number of aryl methyl sites for hydroxylation is 1. The van der Waals surface area contributed by atoms with Crippen LogP contribution in [0, 0.1) is 12.8 Å². The number of carbonyl (C=O) groups excluding carboxylic acids is 1. The van der Waals surface area contributed by atoms with Crippen molar-refractivity contribution in [3.63, 3.8) is 0 Å². The summed E-state index contributed by atoms with van der Waals surface area (Å²) in [7, 11) is -3.68. The zero-order chi connectivity index (χ0) is 20.2. The van der Waals surface area contributed by atoms with Crippen LogP contribution in [0.2, 0.25) is 0 Å². The monoisotopic (exact) mass is 396 g/mol. The Balaban J connectivity index is 2.28. The highest BCUT2D eigenvalue weighted by Crippen LogP contribution is 2.24. The zero-order valence-electron chi connectivity index (χ0n) is 16.1. The summed E-state index contributed by atoms with van der Waals surface area (Å²) in [5.41, 5.74) is 0.709. The number of hydrogen-bond donors (Lipinski definition) is 2. The number of carbonyl (C=O) groups is 2. The third-order valence-corrected chi connectivity index (χ3v) is 6.73. The topological polar surface area (TPSA) is 104 Å². The molecule has 1 heterocycles. The molecule has 1 atom stereocenters. The van der Waals surface area contributed by atoms with E-state index >= 15 is 0 Å². The van der Waals surface area contributed by atoms with Crippen LogP contribution in [-0.4, -0.2) is 48.8 Å². The highest BCUT2D eigenvalue weighted by molar-refractivity contribution is 7.89. The molecule has 1 aliphatic heterocycles. The lowest BCUT2D eigenvalue weighted by Crippen LogP contribution is -2.41. The van der Waals surface area contributed by atoms with E-state index in [1.165, 1.54) is 16.4 Å². The van der Waals surface area contributed by atoms with Crippen LogP contribution in [0.1, 0.15) is 55.5 Å². The number of amides is 1. The van der Waals surface area contributed by atoms with Crippen molar-refractivity contribution in [3.05, 3.63) is 29.3 Å². The molecule has 1 saturated heterocycles. The van der Waals surface area contributed by atoms with Gasteiger partial charge < -0.3 is 10.4 Å². The van der Waals surface area contributed by atoms with Gasteiger partial charge in [-0.25, -0.2) is 13.2 Å². The minimum Gasteiger partial charge on any atom is -0.480 e. The molecule has 8 heteroatoms. The quantitative estimate of drug-likeness (QED) is 0.736. The van der Waals surface area contributed by atoms with E-state index in [-0.39, 0.29) is 16.4 Å². The number of piperidine rings is 1. The second kappa shape index (κ2) is 8.84. The molecule has 2 N–H and O–H groups in total. The molecule has 27 heavy (non-hydrogen) atoms. The fourth-order valence-electron chi connectivity index (χ4n) is 3.20. The second-order valence-electron chi connectivity index (χ2n) is 7.44. The number of sulfonamides is 1. The number of nitrogens with zero attached hydrogens (tertiary/aromatic N) is 1. The van der Waals surface area contributed by atoms with Crippen LogP contribution in [0.5, 0.6) is 0 Å². The number of carboxylic acids is 1. The number of carboxylic acid groups (broad SMARTS) is 1. The van der Waals surface area contributed by atoms with Crippen LogP contribution in [0.25, 0.3) is 0 Å². The maximum Gasteiger partial charge on any atom is 0.326 e. The van der Waals surface area contributed by atoms with Gasteiger partial charge in [0, 0.05) is 18.7 Å². The molecule has 0 radical (unpaired) electrons. The van der Waals surface area contributed by atoms with Gasteiger partial charge in [-0.3, -0.25) is 4.79 Å². The van der Waals surface area contributed by atoms with Crippen molar-refractivity contribution in [1.29, 1.82) is 0 Å². The molecule has 0 aromatic heterocycles. The first kappa shape index (κ1) is 21.4. The van der Waals surface area contributed by atoms with Gasteiger partial charge in [0.1, 0.15) is 6.04 Å². The Bertz CT molecular complexity index is 798. The van der Waals surface area contributed by atoms with Crippen LogP contribution in [0.4, 0.5) is 0 Å². The van der Waals surface area contributed by atoms with Crippen molar-refractivity contribution in [3.8, 4) is 0 Å². The van der Waals surface area contributed by atoms with Gasteiger partial charge in [0.05, 0.1) is 4.90 Å². The van der Waals surface area contributed by atoms with Crippen molar-refractivity contribution in [2.24, 2.45) is 5.92 Å². The Labute approximate surface area is 160 Å². The predicted octanol–water partition coefficient (Wildman–Crippen LogP) is 2.40. The third-order valence-electron chi connectivity index (χ3n) is 4.69. The molecule has 0 spiro atoms. The Hall–Kier alpha value is -1.93. The lowest BCUT2D eigenvalue weighted by molar-refractivity contribution is -0.139. The maximum atomic E-state index is 13.0.